The van der Waals surface area contributed by atoms with E-state index in [1.807, 2.05) is 31.2 Å². The van der Waals surface area contributed by atoms with Gasteiger partial charge in [0.15, 0.2) is 0 Å². The largest absolute Gasteiger partial charge is 0.322 e. The Morgan fingerprint density at radius 2 is 2.00 bits per heavy atom. The highest BCUT2D eigenvalue weighted by Gasteiger charge is 2.14. The van der Waals surface area contributed by atoms with Crippen LogP contribution in [0.4, 0.5) is 5.69 Å². The molecule has 22 heavy (non-hydrogen) atoms. The fraction of sp³-hybridized carbons (Fsp3) is 0.118. The Morgan fingerprint density at radius 3 is 2.77 bits per heavy atom. The zero-order valence-corrected chi connectivity index (χ0v) is 12.3. The zero-order valence-electron chi connectivity index (χ0n) is 12.3. The number of nitrogens with zero attached hydrogens (tertiary/aromatic N) is 2. The Kier molecular flexibility index (Phi) is 3.47. The molecule has 0 saturated heterocycles. The topological polar surface area (TPSA) is 64.0 Å². The molecule has 1 aromatic carbocycles. The maximum absolute atomic E-state index is 12.4. The third kappa shape index (κ3) is 2.48. The third-order valence-electron chi connectivity index (χ3n) is 3.49. The fourth-order valence-electron chi connectivity index (χ4n) is 2.38. The van der Waals surface area contributed by atoms with E-state index in [2.05, 4.69) is 10.3 Å². The number of carbonyl (C=O) groups is 1. The van der Waals surface area contributed by atoms with Gasteiger partial charge in [-0.1, -0.05) is 12.1 Å². The molecule has 3 rings (SSSR count). The van der Waals surface area contributed by atoms with Crippen LogP contribution in [-0.2, 0) is 7.05 Å². The van der Waals surface area contributed by atoms with Crippen LogP contribution in [-0.4, -0.2) is 15.5 Å². The van der Waals surface area contributed by atoms with E-state index in [1.165, 1.54) is 4.57 Å². The number of anilines is 1. The molecule has 0 spiro atoms. The molecular weight excluding hydrogens is 278 g/mol. The summed E-state index contributed by atoms with van der Waals surface area (Å²) in [4.78, 5) is 28.9. The number of rotatable bonds is 2. The monoisotopic (exact) mass is 293 g/mol. The smallest absolute Gasteiger partial charge is 0.264 e. The minimum absolute atomic E-state index is 0.101. The second-order valence-electron chi connectivity index (χ2n) is 5.16. The van der Waals surface area contributed by atoms with Crippen molar-refractivity contribution in [3.8, 4) is 0 Å². The van der Waals surface area contributed by atoms with Gasteiger partial charge in [0.2, 0.25) is 0 Å². The molecule has 2 heterocycles. The van der Waals surface area contributed by atoms with E-state index in [0.717, 1.165) is 10.9 Å². The molecule has 5 nitrogen and oxygen atoms in total. The van der Waals surface area contributed by atoms with Crippen LogP contribution >= 0.6 is 0 Å². The van der Waals surface area contributed by atoms with Crippen molar-refractivity contribution < 1.29 is 4.79 Å². The van der Waals surface area contributed by atoms with E-state index in [-0.39, 0.29) is 11.1 Å². The minimum Gasteiger partial charge on any atom is -0.322 e. The lowest BCUT2D eigenvalue weighted by molar-refractivity contribution is 0.102. The summed E-state index contributed by atoms with van der Waals surface area (Å²) in [6.45, 7) is 1.94. The molecule has 5 heteroatoms. The van der Waals surface area contributed by atoms with Crippen molar-refractivity contribution in [2.45, 2.75) is 6.92 Å². The summed E-state index contributed by atoms with van der Waals surface area (Å²) in [5, 5.41) is 3.51. The summed E-state index contributed by atoms with van der Waals surface area (Å²) < 4.78 is 1.39. The van der Waals surface area contributed by atoms with Gasteiger partial charge < -0.3 is 5.32 Å². The van der Waals surface area contributed by atoms with Crippen LogP contribution in [0.3, 0.4) is 0 Å². The van der Waals surface area contributed by atoms with Crippen molar-refractivity contribution in [3.05, 3.63) is 70.1 Å². The van der Waals surface area contributed by atoms with Crippen molar-refractivity contribution in [1.29, 1.82) is 0 Å². The fourth-order valence-corrected chi connectivity index (χ4v) is 2.38. The van der Waals surface area contributed by atoms with Crippen molar-refractivity contribution >= 4 is 22.6 Å². The first-order valence-electron chi connectivity index (χ1n) is 6.89. The first-order valence-corrected chi connectivity index (χ1v) is 6.89. The molecule has 110 valence electrons. The van der Waals surface area contributed by atoms with Crippen LogP contribution in [0.5, 0.6) is 0 Å². The molecule has 0 aliphatic carbocycles. The van der Waals surface area contributed by atoms with Crippen molar-refractivity contribution in [2.75, 3.05) is 5.32 Å². The number of nitrogens with one attached hydrogen (secondary N) is 1. The normalized spacial score (nSPS) is 10.6. The molecule has 0 atom stereocenters. The average molecular weight is 293 g/mol. The standard InChI is InChI=1S/C17H15N3O2/c1-11-5-3-7-13(9-11)19-16(21)14-10-12-6-4-8-18-15(12)20(2)17(14)22/h3-10H,1-2H3,(H,19,21). The van der Waals surface area contributed by atoms with E-state index in [4.69, 9.17) is 0 Å². The van der Waals surface area contributed by atoms with Crippen LogP contribution < -0.4 is 10.9 Å². The maximum Gasteiger partial charge on any atom is 0.264 e. The minimum atomic E-state index is -0.419. The van der Waals surface area contributed by atoms with Gasteiger partial charge in [0, 0.05) is 24.3 Å². The molecule has 0 aliphatic heterocycles. The first-order chi connectivity index (χ1) is 10.6. The number of hydrogen-bond acceptors (Lipinski definition) is 3. The number of aromatic nitrogens is 2. The summed E-state index contributed by atoms with van der Waals surface area (Å²) in [5.74, 6) is -0.419. The Balaban J connectivity index is 2.04. The molecule has 0 aliphatic rings. The molecule has 3 aromatic rings. The highest BCUT2D eigenvalue weighted by atomic mass is 16.2. The van der Waals surface area contributed by atoms with Crippen molar-refractivity contribution in [2.24, 2.45) is 7.05 Å². The second kappa shape index (κ2) is 5.44. The molecule has 0 unspecified atom stereocenters. The van der Waals surface area contributed by atoms with Crippen LogP contribution in [0.1, 0.15) is 15.9 Å². The number of amides is 1. The molecule has 0 fully saturated rings. The molecule has 0 bridgehead atoms. The lowest BCUT2D eigenvalue weighted by atomic mass is 10.1. The molecule has 2 aromatic heterocycles. The van der Waals surface area contributed by atoms with Crippen LogP contribution in [0.15, 0.2) is 53.5 Å². The number of hydrogen-bond donors (Lipinski definition) is 1. The van der Waals surface area contributed by atoms with Crippen LogP contribution in [0, 0.1) is 6.92 Å². The quantitative estimate of drug-likeness (QED) is 0.789. The predicted molar refractivity (Wildman–Crippen MR) is 86.1 cm³/mol. The van der Waals surface area contributed by atoms with Gasteiger partial charge >= 0.3 is 0 Å². The molecular formula is C17H15N3O2. The zero-order chi connectivity index (χ0) is 15.7. The van der Waals surface area contributed by atoms with E-state index in [9.17, 15) is 9.59 Å². The van der Waals surface area contributed by atoms with Gasteiger partial charge in [0.05, 0.1) is 0 Å². The number of aryl methyl sites for hydroxylation is 2. The van der Waals surface area contributed by atoms with Crippen LogP contribution in [0.2, 0.25) is 0 Å². The van der Waals surface area contributed by atoms with Gasteiger partial charge in [-0.3, -0.25) is 14.2 Å². The molecule has 1 amide bonds. The first kappa shape index (κ1) is 14.0. The second-order valence-corrected chi connectivity index (χ2v) is 5.16. The number of pyridine rings is 2. The summed E-state index contributed by atoms with van der Waals surface area (Å²) in [5.41, 5.74) is 1.99. The number of carbonyl (C=O) groups excluding carboxylic acids is 1. The highest BCUT2D eigenvalue weighted by molar-refractivity contribution is 6.05. The molecule has 0 radical (unpaired) electrons. The Hall–Kier alpha value is -2.95. The lowest BCUT2D eigenvalue weighted by Crippen LogP contribution is -2.28. The third-order valence-corrected chi connectivity index (χ3v) is 3.49. The maximum atomic E-state index is 12.4. The van der Waals surface area contributed by atoms with E-state index in [0.29, 0.717) is 11.3 Å². The Morgan fingerprint density at radius 1 is 1.18 bits per heavy atom. The van der Waals surface area contributed by atoms with E-state index in [1.54, 1.807) is 31.4 Å². The van der Waals surface area contributed by atoms with Gasteiger partial charge in [0.25, 0.3) is 11.5 Å². The summed E-state index contributed by atoms with van der Waals surface area (Å²) in [6, 6.07) is 12.6. The lowest BCUT2D eigenvalue weighted by Gasteiger charge is -2.09. The molecule has 1 N–H and O–H groups in total. The Labute approximate surface area is 127 Å². The Bertz CT molecular complexity index is 929. The predicted octanol–water partition coefficient (Wildman–Crippen LogP) is 2.49. The highest BCUT2D eigenvalue weighted by Crippen LogP contribution is 2.13. The van der Waals surface area contributed by atoms with Crippen molar-refractivity contribution in [1.82, 2.24) is 9.55 Å². The number of benzene rings is 1. The molecule has 0 saturated carbocycles. The average Bonchev–Trinajstić information content (AvgIpc) is 2.51. The van der Waals surface area contributed by atoms with Crippen molar-refractivity contribution in [3.63, 3.8) is 0 Å². The van der Waals surface area contributed by atoms with Gasteiger partial charge in [-0.25, -0.2) is 4.98 Å². The van der Waals surface area contributed by atoms with Crippen LogP contribution in [0.25, 0.3) is 11.0 Å². The number of fused-ring (bicyclic) bond motifs is 1. The SMILES string of the molecule is Cc1cccc(NC(=O)c2cc3cccnc3n(C)c2=O)c1. The van der Waals surface area contributed by atoms with Gasteiger partial charge in [-0.05, 0) is 42.8 Å². The summed E-state index contributed by atoms with van der Waals surface area (Å²) in [7, 11) is 1.61. The summed E-state index contributed by atoms with van der Waals surface area (Å²) in [6.07, 6.45) is 1.62. The van der Waals surface area contributed by atoms with E-state index < -0.39 is 5.91 Å². The summed E-state index contributed by atoms with van der Waals surface area (Å²) >= 11 is 0. The van der Waals surface area contributed by atoms with Gasteiger partial charge in [0.1, 0.15) is 11.2 Å². The van der Waals surface area contributed by atoms with E-state index >= 15 is 0 Å². The van der Waals surface area contributed by atoms with Gasteiger partial charge in [-0.2, -0.15) is 0 Å². The van der Waals surface area contributed by atoms with Gasteiger partial charge in [-0.15, -0.1) is 0 Å².